The molecule has 0 fully saturated rings. The molecule has 0 saturated heterocycles. The molecule has 0 aliphatic carbocycles. The smallest absolute Gasteiger partial charge is 0.145 e. The SMILES string of the molecule is COc1cccc(/C=C/C=C(\C)C=O)c1. The van der Waals surface area contributed by atoms with Gasteiger partial charge in [-0.15, -0.1) is 0 Å². The molecule has 0 spiro atoms. The zero-order chi connectivity index (χ0) is 11.1. The summed E-state index contributed by atoms with van der Waals surface area (Å²) in [5, 5.41) is 0. The summed E-state index contributed by atoms with van der Waals surface area (Å²) in [5.74, 6) is 0.827. The third kappa shape index (κ3) is 3.81. The Morgan fingerprint density at radius 2 is 2.20 bits per heavy atom. The van der Waals surface area contributed by atoms with Crippen LogP contribution in [0.5, 0.6) is 5.75 Å². The summed E-state index contributed by atoms with van der Waals surface area (Å²) in [5.41, 5.74) is 1.75. The number of hydrogen-bond acceptors (Lipinski definition) is 2. The molecular weight excluding hydrogens is 188 g/mol. The van der Waals surface area contributed by atoms with E-state index in [4.69, 9.17) is 4.74 Å². The zero-order valence-corrected chi connectivity index (χ0v) is 8.94. The van der Waals surface area contributed by atoms with E-state index in [1.54, 1.807) is 20.1 Å². The number of carbonyl (C=O) groups is 1. The van der Waals surface area contributed by atoms with Crippen LogP contribution in [-0.2, 0) is 4.79 Å². The van der Waals surface area contributed by atoms with E-state index >= 15 is 0 Å². The largest absolute Gasteiger partial charge is 0.497 e. The maximum Gasteiger partial charge on any atom is 0.145 e. The number of methoxy groups -OCH3 is 1. The molecule has 0 saturated carbocycles. The van der Waals surface area contributed by atoms with Gasteiger partial charge in [0.1, 0.15) is 12.0 Å². The lowest BCUT2D eigenvalue weighted by Crippen LogP contribution is -1.82. The van der Waals surface area contributed by atoms with E-state index in [0.717, 1.165) is 17.6 Å². The molecule has 0 aromatic heterocycles. The van der Waals surface area contributed by atoms with Crippen LogP contribution in [0.3, 0.4) is 0 Å². The number of allylic oxidation sites excluding steroid dienone is 3. The van der Waals surface area contributed by atoms with E-state index in [2.05, 4.69) is 0 Å². The van der Waals surface area contributed by atoms with Crippen molar-refractivity contribution in [2.75, 3.05) is 7.11 Å². The molecular formula is C13H14O2. The first-order valence-electron chi connectivity index (χ1n) is 4.70. The lowest BCUT2D eigenvalue weighted by Gasteiger charge is -1.99. The average Bonchev–Trinajstić information content (AvgIpc) is 2.29. The molecule has 1 rings (SSSR count). The van der Waals surface area contributed by atoms with Gasteiger partial charge in [-0.3, -0.25) is 4.79 Å². The van der Waals surface area contributed by atoms with E-state index in [9.17, 15) is 4.79 Å². The number of benzene rings is 1. The highest BCUT2D eigenvalue weighted by Crippen LogP contribution is 2.13. The minimum Gasteiger partial charge on any atom is -0.497 e. The number of hydrogen-bond donors (Lipinski definition) is 0. The topological polar surface area (TPSA) is 26.3 Å². The van der Waals surface area contributed by atoms with Crippen molar-refractivity contribution < 1.29 is 9.53 Å². The van der Waals surface area contributed by atoms with Gasteiger partial charge >= 0.3 is 0 Å². The summed E-state index contributed by atoms with van der Waals surface area (Å²) in [7, 11) is 1.64. The first-order valence-corrected chi connectivity index (χ1v) is 4.70. The van der Waals surface area contributed by atoms with Crippen LogP contribution in [-0.4, -0.2) is 13.4 Å². The minimum atomic E-state index is 0.703. The highest BCUT2D eigenvalue weighted by molar-refractivity contribution is 5.73. The monoisotopic (exact) mass is 202 g/mol. The lowest BCUT2D eigenvalue weighted by atomic mass is 10.2. The molecule has 15 heavy (non-hydrogen) atoms. The van der Waals surface area contributed by atoms with Gasteiger partial charge in [-0.2, -0.15) is 0 Å². The predicted octanol–water partition coefficient (Wildman–Crippen LogP) is 2.85. The molecule has 2 nitrogen and oxygen atoms in total. The molecule has 78 valence electrons. The summed E-state index contributed by atoms with van der Waals surface area (Å²) in [6.45, 7) is 1.77. The van der Waals surface area contributed by atoms with Gasteiger partial charge in [-0.05, 0) is 30.2 Å². The van der Waals surface area contributed by atoms with Crippen LogP contribution in [0.4, 0.5) is 0 Å². The highest BCUT2D eigenvalue weighted by Gasteiger charge is 1.90. The molecule has 0 aliphatic rings. The van der Waals surface area contributed by atoms with Crippen molar-refractivity contribution >= 4 is 12.4 Å². The van der Waals surface area contributed by atoms with Crippen molar-refractivity contribution in [3.8, 4) is 5.75 Å². The molecule has 0 radical (unpaired) electrons. The first kappa shape index (κ1) is 11.2. The molecule has 0 N–H and O–H groups in total. The number of rotatable bonds is 4. The summed E-state index contributed by atoms with van der Waals surface area (Å²) in [6, 6.07) is 7.72. The van der Waals surface area contributed by atoms with Crippen LogP contribution in [0.1, 0.15) is 12.5 Å². The first-order chi connectivity index (χ1) is 7.26. The molecule has 2 heteroatoms. The zero-order valence-electron chi connectivity index (χ0n) is 8.94. The van der Waals surface area contributed by atoms with Crippen LogP contribution < -0.4 is 4.74 Å². The Kier molecular flexibility index (Phi) is 4.35. The van der Waals surface area contributed by atoms with E-state index in [-0.39, 0.29) is 0 Å². The quantitative estimate of drug-likeness (QED) is 0.426. The second kappa shape index (κ2) is 5.81. The van der Waals surface area contributed by atoms with E-state index in [1.165, 1.54) is 0 Å². The van der Waals surface area contributed by atoms with Gasteiger partial charge in [0.2, 0.25) is 0 Å². The summed E-state index contributed by atoms with van der Waals surface area (Å²) < 4.78 is 5.10. The Balaban J connectivity index is 2.76. The van der Waals surface area contributed by atoms with Gasteiger partial charge in [0.25, 0.3) is 0 Å². The molecule has 0 heterocycles. The molecule has 1 aromatic rings. The second-order valence-electron chi connectivity index (χ2n) is 3.16. The molecule has 0 unspecified atom stereocenters. The summed E-state index contributed by atoms with van der Waals surface area (Å²) in [4.78, 5) is 10.3. The normalized spacial score (nSPS) is 11.7. The van der Waals surface area contributed by atoms with Crippen molar-refractivity contribution in [2.45, 2.75) is 6.92 Å². The maximum absolute atomic E-state index is 10.3. The van der Waals surface area contributed by atoms with Gasteiger partial charge in [0.05, 0.1) is 7.11 Å². The van der Waals surface area contributed by atoms with Crippen molar-refractivity contribution in [2.24, 2.45) is 0 Å². The van der Waals surface area contributed by atoms with Gasteiger partial charge in [-0.1, -0.05) is 30.4 Å². The summed E-state index contributed by atoms with van der Waals surface area (Å²) >= 11 is 0. The van der Waals surface area contributed by atoms with Crippen molar-refractivity contribution in [1.29, 1.82) is 0 Å². The van der Waals surface area contributed by atoms with Gasteiger partial charge in [0, 0.05) is 0 Å². The molecule has 0 bridgehead atoms. The Labute approximate surface area is 89.9 Å². The Bertz CT molecular complexity index is 389. The second-order valence-corrected chi connectivity index (χ2v) is 3.16. The summed E-state index contributed by atoms with van der Waals surface area (Å²) in [6.07, 6.45) is 6.37. The molecule has 0 aliphatic heterocycles. The Hall–Kier alpha value is -1.83. The van der Waals surface area contributed by atoms with Crippen LogP contribution >= 0.6 is 0 Å². The van der Waals surface area contributed by atoms with Crippen LogP contribution in [0.2, 0.25) is 0 Å². The minimum absolute atomic E-state index is 0.703. The van der Waals surface area contributed by atoms with Gasteiger partial charge < -0.3 is 4.74 Å². The van der Waals surface area contributed by atoms with E-state index in [1.807, 2.05) is 36.4 Å². The van der Waals surface area contributed by atoms with Crippen LogP contribution in [0.15, 0.2) is 42.0 Å². The van der Waals surface area contributed by atoms with Crippen molar-refractivity contribution in [3.05, 3.63) is 47.6 Å². The Morgan fingerprint density at radius 3 is 2.87 bits per heavy atom. The fraction of sp³-hybridized carbons (Fsp3) is 0.154. The number of aldehydes is 1. The van der Waals surface area contributed by atoms with Crippen LogP contribution in [0, 0.1) is 0 Å². The third-order valence-electron chi connectivity index (χ3n) is 1.93. The third-order valence-corrected chi connectivity index (χ3v) is 1.93. The van der Waals surface area contributed by atoms with Crippen molar-refractivity contribution in [3.63, 3.8) is 0 Å². The van der Waals surface area contributed by atoms with Gasteiger partial charge in [-0.25, -0.2) is 0 Å². The van der Waals surface area contributed by atoms with E-state index in [0.29, 0.717) is 5.57 Å². The molecule has 1 aromatic carbocycles. The van der Waals surface area contributed by atoms with Crippen molar-refractivity contribution in [1.82, 2.24) is 0 Å². The van der Waals surface area contributed by atoms with E-state index < -0.39 is 0 Å². The predicted molar refractivity (Wildman–Crippen MR) is 61.8 cm³/mol. The lowest BCUT2D eigenvalue weighted by molar-refractivity contribution is -0.104. The fourth-order valence-corrected chi connectivity index (χ4v) is 1.10. The standard InChI is InChI=1S/C13H14O2/c1-11(10-14)5-3-6-12-7-4-8-13(9-12)15-2/h3-10H,1-2H3/b6-3+,11-5+. The van der Waals surface area contributed by atoms with Crippen LogP contribution in [0.25, 0.3) is 6.08 Å². The molecule has 0 amide bonds. The fourth-order valence-electron chi connectivity index (χ4n) is 1.10. The Morgan fingerprint density at radius 1 is 1.40 bits per heavy atom. The average molecular weight is 202 g/mol. The molecule has 0 atom stereocenters. The number of ether oxygens (including phenoxy) is 1. The van der Waals surface area contributed by atoms with Gasteiger partial charge in [0.15, 0.2) is 0 Å². The number of carbonyl (C=O) groups excluding carboxylic acids is 1. The maximum atomic E-state index is 10.3. The highest BCUT2D eigenvalue weighted by atomic mass is 16.5.